The summed E-state index contributed by atoms with van der Waals surface area (Å²) < 4.78 is 5.77. The lowest BCUT2D eigenvalue weighted by Gasteiger charge is -2.06. The minimum absolute atomic E-state index is 0.300. The molecule has 1 amide bonds. The minimum atomic E-state index is -0.300. The Morgan fingerprint density at radius 1 is 0.926 bits per heavy atom. The van der Waals surface area contributed by atoms with Crippen molar-refractivity contribution in [1.82, 2.24) is 4.98 Å². The van der Waals surface area contributed by atoms with Crippen molar-refractivity contribution in [2.24, 2.45) is 0 Å². The topological polar surface area (TPSA) is 55.1 Å². The number of nitrogens with zero attached hydrogens (tertiary/aromatic N) is 1. The van der Waals surface area contributed by atoms with Crippen molar-refractivity contribution in [3.05, 3.63) is 81.3 Å². The Morgan fingerprint density at radius 2 is 1.78 bits per heavy atom. The lowest BCUT2D eigenvalue weighted by atomic mass is 10.2. The van der Waals surface area contributed by atoms with Crippen molar-refractivity contribution in [3.8, 4) is 11.5 Å². The Balaban J connectivity index is 1.61. The minimum Gasteiger partial charge on any atom is -0.436 e. The average molecular weight is 418 g/mol. The number of rotatable bonds is 3. The normalized spacial score (nSPS) is 10.9. The van der Waals surface area contributed by atoms with Gasteiger partial charge in [0.2, 0.25) is 5.89 Å². The maximum Gasteiger partial charge on any atom is 0.255 e. The lowest BCUT2D eigenvalue weighted by Crippen LogP contribution is -2.11. The number of nitrogens with one attached hydrogen (secondary N) is 1. The molecule has 1 aromatic heterocycles. The summed E-state index contributed by atoms with van der Waals surface area (Å²) >= 11 is 17.9. The second kappa shape index (κ2) is 7.24. The summed E-state index contributed by atoms with van der Waals surface area (Å²) in [7, 11) is 0. The van der Waals surface area contributed by atoms with Crippen molar-refractivity contribution < 1.29 is 9.21 Å². The van der Waals surface area contributed by atoms with Gasteiger partial charge < -0.3 is 9.73 Å². The van der Waals surface area contributed by atoms with Crippen LogP contribution in [-0.4, -0.2) is 10.9 Å². The van der Waals surface area contributed by atoms with Crippen LogP contribution in [0, 0.1) is 0 Å². The number of fused-ring (bicyclic) bond motifs is 1. The second-order valence-electron chi connectivity index (χ2n) is 5.79. The second-order valence-corrected chi connectivity index (χ2v) is 7.05. The van der Waals surface area contributed by atoms with Gasteiger partial charge in [0.15, 0.2) is 5.58 Å². The number of oxazole rings is 1. The molecule has 3 aromatic carbocycles. The Bertz CT molecular complexity index is 1170. The van der Waals surface area contributed by atoms with Gasteiger partial charge in [-0.3, -0.25) is 4.79 Å². The molecule has 0 bridgehead atoms. The number of hydrogen-bond acceptors (Lipinski definition) is 3. The molecule has 0 saturated heterocycles. The van der Waals surface area contributed by atoms with Crippen LogP contribution in [0.1, 0.15) is 10.4 Å². The largest absolute Gasteiger partial charge is 0.436 e. The molecule has 27 heavy (non-hydrogen) atoms. The first kappa shape index (κ1) is 17.9. The Morgan fingerprint density at radius 3 is 2.56 bits per heavy atom. The van der Waals surface area contributed by atoms with Crippen molar-refractivity contribution in [3.63, 3.8) is 0 Å². The summed E-state index contributed by atoms with van der Waals surface area (Å²) in [6.45, 7) is 0. The predicted octanol–water partition coefficient (Wildman–Crippen LogP) is 6.71. The van der Waals surface area contributed by atoms with Gasteiger partial charge in [-0.15, -0.1) is 0 Å². The third-order valence-corrected chi connectivity index (χ3v) is 4.87. The first-order valence-corrected chi connectivity index (χ1v) is 9.06. The third kappa shape index (κ3) is 3.78. The van der Waals surface area contributed by atoms with Gasteiger partial charge >= 0.3 is 0 Å². The van der Waals surface area contributed by atoms with E-state index in [-0.39, 0.29) is 5.91 Å². The molecule has 0 unspecified atom stereocenters. The van der Waals surface area contributed by atoms with Gasteiger partial charge in [-0.1, -0.05) is 40.9 Å². The zero-order valence-corrected chi connectivity index (χ0v) is 15.9. The average Bonchev–Trinajstić information content (AvgIpc) is 3.07. The van der Waals surface area contributed by atoms with Crippen molar-refractivity contribution in [2.45, 2.75) is 0 Å². The number of amides is 1. The van der Waals surface area contributed by atoms with Crippen LogP contribution < -0.4 is 5.32 Å². The Kier molecular flexibility index (Phi) is 4.79. The predicted molar refractivity (Wildman–Crippen MR) is 109 cm³/mol. The highest BCUT2D eigenvalue weighted by Gasteiger charge is 2.12. The molecule has 4 aromatic rings. The molecule has 0 aliphatic rings. The van der Waals surface area contributed by atoms with Crippen LogP contribution in [-0.2, 0) is 0 Å². The van der Waals surface area contributed by atoms with E-state index in [2.05, 4.69) is 10.3 Å². The van der Waals surface area contributed by atoms with E-state index in [1.807, 2.05) is 12.1 Å². The zero-order valence-electron chi connectivity index (χ0n) is 13.7. The van der Waals surface area contributed by atoms with Gasteiger partial charge in [-0.05, 0) is 54.6 Å². The van der Waals surface area contributed by atoms with Crippen LogP contribution in [0.4, 0.5) is 5.69 Å². The van der Waals surface area contributed by atoms with Gasteiger partial charge in [0, 0.05) is 21.8 Å². The maximum atomic E-state index is 12.4. The Hall–Kier alpha value is -2.53. The van der Waals surface area contributed by atoms with Crippen LogP contribution in [0.2, 0.25) is 15.1 Å². The van der Waals surface area contributed by atoms with E-state index in [0.717, 1.165) is 5.56 Å². The molecule has 1 N–H and O–H groups in total. The molecule has 0 fully saturated rings. The van der Waals surface area contributed by atoms with Crippen molar-refractivity contribution >= 4 is 57.5 Å². The summed E-state index contributed by atoms with van der Waals surface area (Å²) in [6.07, 6.45) is 0. The van der Waals surface area contributed by atoms with Gasteiger partial charge in [0.25, 0.3) is 5.91 Å². The molecule has 7 heteroatoms. The van der Waals surface area contributed by atoms with E-state index < -0.39 is 0 Å². The van der Waals surface area contributed by atoms with Crippen molar-refractivity contribution in [2.75, 3.05) is 5.32 Å². The fourth-order valence-corrected chi connectivity index (χ4v) is 3.08. The standard InChI is InChI=1S/C20H11Cl3N2O2/c21-13-3-1-2-12(8-13)20-25-17-10-14(5-7-18(17)27-20)24-19(26)11-4-6-15(22)16(23)9-11/h1-10H,(H,24,26). The number of aromatic nitrogens is 1. The van der Waals surface area contributed by atoms with Gasteiger partial charge in [-0.25, -0.2) is 4.98 Å². The number of hydrogen-bond donors (Lipinski definition) is 1. The fourth-order valence-electron chi connectivity index (χ4n) is 2.59. The van der Waals surface area contributed by atoms with Crippen LogP contribution in [0.25, 0.3) is 22.6 Å². The molecular weight excluding hydrogens is 407 g/mol. The monoisotopic (exact) mass is 416 g/mol. The van der Waals surface area contributed by atoms with E-state index >= 15 is 0 Å². The summed E-state index contributed by atoms with van der Waals surface area (Å²) in [6, 6.07) is 17.2. The fraction of sp³-hybridized carbons (Fsp3) is 0. The molecular formula is C20H11Cl3N2O2. The van der Waals surface area contributed by atoms with Crippen LogP contribution in [0.5, 0.6) is 0 Å². The van der Waals surface area contributed by atoms with Gasteiger partial charge in [0.05, 0.1) is 10.0 Å². The molecule has 0 saturated carbocycles. The van der Waals surface area contributed by atoms with Crippen molar-refractivity contribution in [1.29, 1.82) is 0 Å². The number of carbonyl (C=O) groups is 1. The number of carbonyl (C=O) groups excluding carboxylic acids is 1. The van der Waals surface area contributed by atoms with Crippen LogP contribution in [0.3, 0.4) is 0 Å². The summed E-state index contributed by atoms with van der Waals surface area (Å²) in [5.74, 6) is 0.159. The third-order valence-electron chi connectivity index (χ3n) is 3.90. The molecule has 0 spiro atoms. The molecule has 1 heterocycles. The van der Waals surface area contributed by atoms with E-state index in [1.165, 1.54) is 6.07 Å². The molecule has 0 aliphatic carbocycles. The molecule has 0 aliphatic heterocycles. The number of anilines is 1. The molecule has 0 atom stereocenters. The molecule has 4 nitrogen and oxygen atoms in total. The smallest absolute Gasteiger partial charge is 0.255 e. The maximum absolute atomic E-state index is 12.4. The first-order valence-electron chi connectivity index (χ1n) is 7.92. The van der Waals surface area contributed by atoms with Gasteiger partial charge in [0.1, 0.15) is 5.52 Å². The highest BCUT2D eigenvalue weighted by Crippen LogP contribution is 2.28. The van der Waals surface area contributed by atoms with E-state index in [1.54, 1.807) is 42.5 Å². The van der Waals surface area contributed by atoms with Crippen LogP contribution >= 0.6 is 34.8 Å². The highest BCUT2D eigenvalue weighted by atomic mass is 35.5. The van der Waals surface area contributed by atoms with Gasteiger partial charge in [-0.2, -0.15) is 0 Å². The SMILES string of the molecule is O=C(Nc1ccc2oc(-c3cccc(Cl)c3)nc2c1)c1ccc(Cl)c(Cl)c1. The quantitative estimate of drug-likeness (QED) is 0.403. The first-order chi connectivity index (χ1) is 13.0. The highest BCUT2D eigenvalue weighted by molar-refractivity contribution is 6.42. The number of benzene rings is 3. The zero-order chi connectivity index (χ0) is 19.0. The molecule has 0 radical (unpaired) electrons. The van der Waals surface area contributed by atoms with Crippen LogP contribution in [0.15, 0.2) is 65.1 Å². The summed E-state index contributed by atoms with van der Waals surface area (Å²) in [4.78, 5) is 16.9. The molecule has 4 rings (SSSR count). The summed E-state index contributed by atoms with van der Waals surface area (Å²) in [5, 5.41) is 4.13. The number of halogens is 3. The van der Waals surface area contributed by atoms with E-state index in [4.69, 9.17) is 39.2 Å². The van der Waals surface area contributed by atoms with E-state index in [9.17, 15) is 4.79 Å². The van der Waals surface area contributed by atoms with E-state index in [0.29, 0.717) is 43.3 Å². The Labute approximate surface area is 169 Å². The lowest BCUT2D eigenvalue weighted by molar-refractivity contribution is 0.102. The summed E-state index contributed by atoms with van der Waals surface area (Å²) in [5.41, 5.74) is 3.00. The molecule has 134 valence electrons.